The van der Waals surface area contributed by atoms with Crippen molar-refractivity contribution in [3.63, 3.8) is 0 Å². The van der Waals surface area contributed by atoms with Crippen molar-refractivity contribution in [2.75, 3.05) is 23.3 Å². The van der Waals surface area contributed by atoms with Crippen molar-refractivity contribution in [3.05, 3.63) is 98.5 Å². The van der Waals surface area contributed by atoms with Crippen molar-refractivity contribution >= 4 is 23.0 Å². The van der Waals surface area contributed by atoms with Crippen molar-refractivity contribution in [2.45, 2.75) is 51.8 Å². The average Bonchev–Trinajstić information content (AvgIpc) is 3.39. The summed E-state index contributed by atoms with van der Waals surface area (Å²) < 4.78 is 18.8. The first-order valence-electron chi connectivity index (χ1n) is 14.7. The highest BCUT2D eigenvalue weighted by molar-refractivity contribution is 6.07. The van der Waals surface area contributed by atoms with E-state index in [0.29, 0.717) is 46.8 Å². The number of amides is 1. The molecule has 4 aromatic rings. The number of aromatic nitrogens is 2. The molecular weight excluding hydrogens is 533 g/mol. The number of nitrogens with zero attached hydrogens (tertiary/aromatic N) is 3. The molecule has 3 N–H and O–H groups in total. The quantitative estimate of drug-likeness (QED) is 0.332. The van der Waals surface area contributed by atoms with Gasteiger partial charge in [0.25, 0.3) is 11.5 Å². The number of carbonyl (C=O) groups is 1. The lowest BCUT2D eigenvalue weighted by molar-refractivity contribution is 0.0964. The Hall–Kier alpha value is -4.21. The second kappa shape index (κ2) is 10.6. The van der Waals surface area contributed by atoms with Crippen LogP contribution < -0.4 is 21.1 Å². The molecule has 7 rings (SSSR count). The highest BCUT2D eigenvalue weighted by atomic mass is 19.1. The topological polar surface area (TPSA) is 91.5 Å². The third-order valence-electron chi connectivity index (χ3n) is 8.93. The second-order valence-electron chi connectivity index (χ2n) is 11.5. The molecule has 9 heteroatoms. The molecule has 0 radical (unpaired) electrons. The van der Waals surface area contributed by atoms with Gasteiger partial charge in [0.2, 0.25) is 0 Å². The molecule has 42 heavy (non-hydrogen) atoms. The Morgan fingerprint density at radius 3 is 2.69 bits per heavy atom. The summed E-state index contributed by atoms with van der Waals surface area (Å²) in [7, 11) is 1.65. The van der Waals surface area contributed by atoms with E-state index < -0.39 is 12.4 Å². The maximum Gasteiger partial charge on any atom is 0.274 e. The van der Waals surface area contributed by atoms with E-state index in [9.17, 15) is 14.7 Å². The van der Waals surface area contributed by atoms with Crippen molar-refractivity contribution in [1.29, 1.82) is 0 Å². The number of aliphatic hydroxyl groups excluding tert-OH is 1. The lowest BCUT2D eigenvalue weighted by Crippen LogP contribution is -2.41. The minimum atomic E-state index is -0.517. The fourth-order valence-corrected chi connectivity index (χ4v) is 6.81. The molecule has 3 aliphatic rings. The maximum atomic E-state index is 15.3. The SMILES string of the molecule is Cn1cc(-c2cc(F)cc(N3CCn4c(cc5c4CCCC5)C3=O)c2CO)cc(Nc2ccc3c(c2)CCNC3)c1=O. The van der Waals surface area contributed by atoms with Crippen LogP contribution in [0.1, 0.15) is 51.3 Å². The van der Waals surface area contributed by atoms with Gasteiger partial charge in [-0.25, -0.2) is 4.39 Å². The molecule has 0 atom stereocenters. The molecule has 216 valence electrons. The molecule has 8 nitrogen and oxygen atoms in total. The van der Waals surface area contributed by atoms with Crippen molar-refractivity contribution in [2.24, 2.45) is 7.05 Å². The maximum absolute atomic E-state index is 15.3. The van der Waals surface area contributed by atoms with Crippen molar-refractivity contribution < 1.29 is 14.3 Å². The number of pyridine rings is 1. The minimum Gasteiger partial charge on any atom is -0.392 e. The van der Waals surface area contributed by atoms with Gasteiger partial charge in [0, 0.05) is 55.4 Å². The monoisotopic (exact) mass is 567 g/mol. The summed E-state index contributed by atoms with van der Waals surface area (Å²) >= 11 is 0. The Balaban J connectivity index is 1.27. The molecule has 0 fully saturated rings. The summed E-state index contributed by atoms with van der Waals surface area (Å²) in [4.78, 5) is 28.5. The molecule has 1 amide bonds. The van der Waals surface area contributed by atoms with E-state index >= 15 is 4.39 Å². The number of benzene rings is 2. The Morgan fingerprint density at radius 2 is 1.83 bits per heavy atom. The zero-order chi connectivity index (χ0) is 29.0. The summed E-state index contributed by atoms with van der Waals surface area (Å²) in [6, 6.07) is 12.4. The summed E-state index contributed by atoms with van der Waals surface area (Å²) in [5.41, 5.74) is 8.30. The molecule has 2 aromatic carbocycles. The van der Waals surface area contributed by atoms with Crippen molar-refractivity contribution in [1.82, 2.24) is 14.5 Å². The van der Waals surface area contributed by atoms with Gasteiger partial charge in [-0.1, -0.05) is 6.07 Å². The second-order valence-corrected chi connectivity index (χ2v) is 11.5. The van der Waals surface area contributed by atoms with Crippen LogP contribution in [0.2, 0.25) is 0 Å². The number of halogens is 1. The van der Waals surface area contributed by atoms with Crippen LogP contribution in [0.25, 0.3) is 11.1 Å². The molecule has 1 aliphatic carbocycles. The number of aliphatic hydroxyl groups is 1. The van der Waals surface area contributed by atoms with E-state index in [2.05, 4.69) is 27.3 Å². The fraction of sp³-hybridized carbons (Fsp3) is 0.333. The number of hydrogen-bond acceptors (Lipinski definition) is 5. The van der Waals surface area contributed by atoms with Gasteiger partial charge >= 0.3 is 0 Å². The van der Waals surface area contributed by atoms with Crippen LogP contribution in [0.15, 0.2) is 53.5 Å². The van der Waals surface area contributed by atoms with Gasteiger partial charge in [-0.05, 0) is 97.3 Å². The standard InChI is InChI=1S/C33H34FN5O3/c1-37-18-23(13-28(32(37)41)36-25-7-6-22-17-35-9-8-20(22)12-25)26-15-24(34)16-30(27(26)19-40)39-11-10-38-29-5-3-2-4-21(29)14-31(38)33(39)42/h6-7,12-16,18,35-36,40H,2-5,8-11,17,19H2,1H3. The Kier molecular flexibility index (Phi) is 6.71. The highest BCUT2D eigenvalue weighted by Gasteiger charge is 2.32. The summed E-state index contributed by atoms with van der Waals surface area (Å²) in [5, 5.41) is 17.2. The van der Waals surface area contributed by atoms with Gasteiger partial charge in [0.05, 0.1) is 12.3 Å². The number of anilines is 3. The van der Waals surface area contributed by atoms with Crippen LogP contribution >= 0.6 is 0 Å². The van der Waals surface area contributed by atoms with E-state index in [1.165, 1.54) is 39.1 Å². The zero-order valence-corrected chi connectivity index (χ0v) is 23.7. The van der Waals surface area contributed by atoms with Gasteiger partial charge in [-0.2, -0.15) is 0 Å². The molecular formula is C33H34FN5O3. The summed E-state index contributed by atoms with van der Waals surface area (Å²) in [5.74, 6) is -0.704. The van der Waals surface area contributed by atoms with Gasteiger partial charge in [0.15, 0.2) is 0 Å². The van der Waals surface area contributed by atoms with Crippen molar-refractivity contribution in [3.8, 4) is 11.1 Å². The van der Waals surface area contributed by atoms with Crippen LogP contribution in [0, 0.1) is 5.82 Å². The number of aryl methyl sites for hydroxylation is 2. The molecule has 2 aliphatic heterocycles. The largest absolute Gasteiger partial charge is 0.392 e. The predicted octanol–water partition coefficient (Wildman–Crippen LogP) is 4.41. The third-order valence-corrected chi connectivity index (χ3v) is 8.93. The van der Waals surface area contributed by atoms with E-state index in [-0.39, 0.29) is 11.5 Å². The van der Waals surface area contributed by atoms with E-state index in [1.54, 1.807) is 24.2 Å². The molecule has 0 bridgehead atoms. The van der Waals surface area contributed by atoms with Crippen LogP contribution in [0.4, 0.5) is 21.5 Å². The molecule has 0 saturated heterocycles. The van der Waals surface area contributed by atoms with Gasteiger partial charge in [-0.3, -0.25) is 9.59 Å². The number of nitrogens with one attached hydrogen (secondary N) is 2. The lowest BCUT2D eigenvalue weighted by atomic mass is 9.97. The first kappa shape index (κ1) is 26.7. The molecule has 2 aromatic heterocycles. The smallest absolute Gasteiger partial charge is 0.274 e. The Bertz CT molecular complexity index is 1790. The lowest BCUT2D eigenvalue weighted by Gasteiger charge is -2.31. The normalized spacial score (nSPS) is 16.2. The number of rotatable bonds is 5. The van der Waals surface area contributed by atoms with E-state index in [4.69, 9.17) is 0 Å². The van der Waals surface area contributed by atoms with Crippen LogP contribution in [-0.4, -0.2) is 33.2 Å². The zero-order valence-electron chi connectivity index (χ0n) is 23.7. The Labute approximate surface area is 243 Å². The van der Waals surface area contributed by atoms with Crippen LogP contribution in [-0.2, 0) is 46.0 Å². The third kappa shape index (κ3) is 4.53. The van der Waals surface area contributed by atoms with Crippen LogP contribution in [0.3, 0.4) is 0 Å². The average molecular weight is 568 g/mol. The van der Waals surface area contributed by atoms with Gasteiger partial charge in [-0.15, -0.1) is 0 Å². The summed E-state index contributed by atoms with van der Waals surface area (Å²) in [6.07, 6.45) is 6.74. The molecule has 0 spiro atoms. The predicted molar refractivity (Wildman–Crippen MR) is 161 cm³/mol. The number of hydrogen-bond donors (Lipinski definition) is 3. The first-order valence-corrected chi connectivity index (χ1v) is 14.7. The van der Waals surface area contributed by atoms with E-state index in [1.807, 2.05) is 12.1 Å². The molecule has 0 unspecified atom stereocenters. The number of fused-ring (bicyclic) bond motifs is 4. The summed E-state index contributed by atoms with van der Waals surface area (Å²) in [6.45, 7) is 2.35. The fourth-order valence-electron chi connectivity index (χ4n) is 6.81. The van der Waals surface area contributed by atoms with E-state index in [0.717, 1.165) is 50.9 Å². The minimum absolute atomic E-state index is 0.188. The number of carbonyl (C=O) groups excluding carboxylic acids is 1. The van der Waals surface area contributed by atoms with Gasteiger partial charge < -0.3 is 29.8 Å². The van der Waals surface area contributed by atoms with Crippen LogP contribution in [0.5, 0.6) is 0 Å². The van der Waals surface area contributed by atoms with Gasteiger partial charge in [0.1, 0.15) is 17.2 Å². The Morgan fingerprint density at radius 1 is 0.976 bits per heavy atom. The molecule has 0 saturated carbocycles. The molecule has 4 heterocycles. The first-order chi connectivity index (χ1) is 20.4. The highest BCUT2D eigenvalue weighted by Crippen LogP contribution is 2.37.